The Morgan fingerprint density at radius 2 is 1.58 bits per heavy atom. The van der Waals surface area contributed by atoms with Crippen molar-refractivity contribution in [2.24, 2.45) is 5.41 Å². The molecule has 1 aliphatic heterocycles. The SMILES string of the molecule is CN(Cc1cnc(N2CCC(c3nc4c(c(C5CCC(F)(F)CC5)c3[C@@H](F)c3ccc(C(F)(F)F)cc3)[C@@H](O)CC(C)(C)C4)CC2)nc1)S(C)(=O)=O. The zero-order chi connectivity index (χ0) is 37.8. The number of aliphatic hydroxyl groups is 1. The molecule has 1 saturated heterocycles. The number of fused-ring (bicyclic) bond motifs is 1. The van der Waals surface area contributed by atoms with Gasteiger partial charge in [0.05, 0.1) is 23.6 Å². The van der Waals surface area contributed by atoms with E-state index in [9.17, 15) is 35.5 Å². The van der Waals surface area contributed by atoms with E-state index in [2.05, 4.69) is 9.97 Å². The molecule has 2 atom stereocenters. The number of hydrogen-bond donors (Lipinski definition) is 1. The average molecular weight is 754 g/mol. The van der Waals surface area contributed by atoms with Crippen LogP contribution in [0.2, 0.25) is 0 Å². The summed E-state index contributed by atoms with van der Waals surface area (Å²) in [6.45, 7) is 5.09. The number of hydrogen-bond acceptors (Lipinski definition) is 7. The highest BCUT2D eigenvalue weighted by atomic mass is 32.2. The van der Waals surface area contributed by atoms with E-state index in [1.165, 1.54) is 11.4 Å². The second-order valence-electron chi connectivity index (χ2n) is 15.5. The number of pyridine rings is 1. The van der Waals surface area contributed by atoms with E-state index < -0.39 is 45.9 Å². The van der Waals surface area contributed by atoms with E-state index >= 15 is 4.39 Å². The second-order valence-corrected chi connectivity index (χ2v) is 17.6. The molecule has 3 aliphatic rings. The fourth-order valence-electron chi connectivity index (χ4n) is 8.04. The Hall–Kier alpha value is -3.30. The molecule has 0 spiro atoms. The van der Waals surface area contributed by atoms with Crippen molar-refractivity contribution in [2.75, 3.05) is 31.3 Å². The monoisotopic (exact) mass is 753 g/mol. The molecule has 1 saturated carbocycles. The molecule has 0 bridgehead atoms. The van der Waals surface area contributed by atoms with E-state index in [0.717, 1.165) is 30.5 Å². The average Bonchev–Trinajstić information content (AvgIpc) is 3.06. The molecule has 3 heterocycles. The molecular weight excluding hydrogens is 708 g/mol. The van der Waals surface area contributed by atoms with Crippen LogP contribution >= 0.6 is 0 Å². The van der Waals surface area contributed by atoms with E-state index in [4.69, 9.17) is 4.98 Å². The summed E-state index contributed by atoms with van der Waals surface area (Å²) >= 11 is 0. The van der Waals surface area contributed by atoms with Crippen molar-refractivity contribution in [3.63, 3.8) is 0 Å². The van der Waals surface area contributed by atoms with Gasteiger partial charge in [-0.05, 0) is 73.1 Å². The predicted octanol–water partition coefficient (Wildman–Crippen LogP) is 8.02. The standard InChI is InChI=1S/C37H45F6N5O3S/c1-35(2)17-27-30(28(49)18-35)29(23-9-13-36(39,40)14-10-23)31(32(38)24-5-7-26(8-6-24)37(41,42)43)33(46-27)25-11-15-48(16-12-25)34-44-19-22(20-45-34)21-47(3)52(4,50)51/h5-8,19-20,23,25,28,32,49H,9-18,21H2,1-4H3/t28-,32-/m0/s1. The van der Waals surface area contributed by atoms with Crippen LogP contribution < -0.4 is 4.90 Å². The fraction of sp³-hybridized carbons (Fsp3) is 0.595. The van der Waals surface area contributed by atoms with Crippen LogP contribution in [0, 0.1) is 5.41 Å². The first kappa shape index (κ1) is 38.4. The quantitative estimate of drug-likeness (QED) is 0.233. The number of benzene rings is 1. The van der Waals surface area contributed by atoms with Gasteiger partial charge >= 0.3 is 6.18 Å². The molecule has 15 heteroatoms. The number of anilines is 1. The molecule has 2 fully saturated rings. The normalized spacial score (nSPS) is 22.0. The van der Waals surface area contributed by atoms with Gasteiger partial charge in [-0.1, -0.05) is 26.0 Å². The van der Waals surface area contributed by atoms with Crippen molar-refractivity contribution >= 4 is 16.0 Å². The Morgan fingerprint density at radius 3 is 2.13 bits per heavy atom. The minimum absolute atomic E-state index is 0.00328. The van der Waals surface area contributed by atoms with Gasteiger partial charge in [-0.3, -0.25) is 4.98 Å². The van der Waals surface area contributed by atoms with Gasteiger partial charge in [0, 0.05) is 80.2 Å². The third-order valence-corrected chi connectivity index (χ3v) is 12.1. The van der Waals surface area contributed by atoms with E-state index in [1.807, 2.05) is 18.7 Å². The molecule has 8 nitrogen and oxygen atoms in total. The summed E-state index contributed by atoms with van der Waals surface area (Å²) in [4.78, 5) is 16.0. The molecule has 6 rings (SSSR count). The fourth-order valence-corrected chi connectivity index (χ4v) is 8.42. The second kappa shape index (κ2) is 14.2. The maximum absolute atomic E-state index is 17.2. The molecule has 0 unspecified atom stereocenters. The summed E-state index contributed by atoms with van der Waals surface area (Å²) in [6, 6.07) is 3.92. The Bertz CT molecular complexity index is 1850. The Kier molecular flexibility index (Phi) is 10.5. The first-order chi connectivity index (χ1) is 24.2. The Labute approximate surface area is 300 Å². The van der Waals surface area contributed by atoms with Crippen molar-refractivity contribution in [1.82, 2.24) is 19.3 Å². The molecule has 284 valence electrons. The third-order valence-electron chi connectivity index (χ3n) is 10.9. The van der Waals surface area contributed by atoms with Crippen LogP contribution in [0.5, 0.6) is 0 Å². The molecule has 0 radical (unpaired) electrons. The van der Waals surface area contributed by atoms with E-state index in [-0.39, 0.29) is 54.7 Å². The zero-order valence-corrected chi connectivity index (χ0v) is 30.5. The van der Waals surface area contributed by atoms with Gasteiger partial charge in [0.1, 0.15) is 0 Å². The lowest BCUT2D eigenvalue weighted by atomic mass is 9.68. The topological polar surface area (TPSA) is 99.5 Å². The molecular formula is C37H45F6N5O3S. The summed E-state index contributed by atoms with van der Waals surface area (Å²) in [5.41, 5.74) is 1.60. The van der Waals surface area contributed by atoms with Crippen LogP contribution in [0.3, 0.4) is 0 Å². The summed E-state index contributed by atoms with van der Waals surface area (Å²) in [5, 5.41) is 11.6. The van der Waals surface area contributed by atoms with Crippen LogP contribution in [0.1, 0.15) is 128 Å². The Morgan fingerprint density at radius 1 is 0.981 bits per heavy atom. The van der Waals surface area contributed by atoms with Crippen LogP contribution in [0.4, 0.5) is 32.3 Å². The van der Waals surface area contributed by atoms with E-state index in [1.54, 1.807) is 12.4 Å². The highest BCUT2D eigenvalue weighted by Gasteiger charge is 2.44. The lowest BCUT2D eigenvalue weighted by Gasteiger charge is -2.41. The number of sulfonamides is 1. The van der Waals surface area contributed by atoms with Gasteiger partial charge in [0.25, 0.3) is 0 Å². The number of aliphatic hydroxyl groups excluding tert-OH is 1. The first-order valence-corrected chi connectivity index (χ1v) is 19.5. The van der Waals surface area contributed by atoms with Gasteiger partial charge in [0.15, 0.2) is 6.17 Å². The van der Waals surface area contributed by atoms with Crippen LogP contribution in [-0.4, -0.2) is 65.1 Å². The maximum Gasteiger partial charge on any atom is 0.416 e. The number of nitrogens with zero attached hydrogens (tertiary/aromatic N) is 5. The largest absolute Gasteiger partial charge is 0.416 e. The van der Waals surface area contributed by atoms with E-state index in [0.29, 0.717) is 72.8 Å². The Balaban J connectivity index is 1.39. The summed E-state index contributed by atoms with van der Waals surface area (Å²) in [6.07, 6.45) is -1.99. The van der Waals surface area contributed by atoms with Crippen molar-refractivity contribution in [2.45, 2.75) is 108 Å². The maximum atomic E-state index is 17.2. The summed E-state index contributed by atoms with van der Waals surface area (Å²) < 4.78 is 111. The predicted molar refractivity (Wildman–Crippen MR) is 184 cm³/mol. The summed E-state index contributed by atoms with van der Waals surface area (Å²) in [7, 11) is -1.92. The lowest BCUT2D eigenvalue weighted by Crippen LogP contribution is -2.36. The van der Waals surface area contributed by atoms with Crippen molar-refractivity contribution in [3.8, 4) is 0 Å². The number of aromatic nitrogens is 3. The van der Waals surface area contributed by atoms with Crippen molar-refractivity contribution < 1.29 is 39.9 Å². The number of rotatable bonds is 8. The minimum atomic E-state index is -4.61. The van der Waals surface area contributed by atoms with Crippen LogP contribution in [0.15, 0.2) is 36.7 Å². The molecule has 52 heavy (non-hydrogen) atoms. The molecule has 2 aliphatic carbocycles. The van der Waals surface area contributed by atoms with Gasteiger partial charge in [-0.25, -0.2) is 35.9 Å². The number of alkyl halides is 6. The number of halogens is 6. The van der Waals surface area contributed by atoms with Crippen LogP contribution in [-0.2, 0) is 29.2 Å². The van der Waals surface area contributed by atoms with Crippen molar-refractivity contribution in [1.29, 1.82) is 0 Å². The molecule has 3 aromatic rings. The third kappa shape index (κ3) is 8.25. The minimum Gasteiger partial charge on any atom is -0.388 e. The molecule has 1 N–H and O–H groups in total. The zero-order valence-electron chi connectivity index (χ0n) is 29.7. The van der Waals surface area contributed by atoms with Gasteiger partial charge in [-0.15, -0.1) is 0 Å². The number of piperidine rings is 1. The molecule has 0 amide bonds. The van der Waals surface area contributed by atoms with Gasteiger partial charge < -0.3 is 10.0 Å². The highest BCUT2D eigenvalue weighted by Crippen LogP contribution is 2.52. The van der Waals surface area contributed by atoms with Gasteiger partial charge in [0.2, 0.25) is 21.9 Å². The van der Waals surface area contributed by atoms with Crippen molar-refractivity contribution in [3.05, 3.63) is 81.4 Å². The smallest absolute Gasteiger partial charge is 0.388 e. The summed E-state index contributed by atoms with van der Waals surface area (Å²) in [5.74, 6) is -3.17. The highest BCUT2D eigenvalue weighted by molar-refractivity contribution is 7.88. The van der Waals surface area contributed by atoms with Crippen LogP contribution in [0.25, 0.3) is 0 Å². The van der Waals surface area contributed by atoms with Gasteiger partial charge in [-0.2, -0.15) is 13.2 Å². The molecule has 1 aromatic carbocycles. The molecule has 2 aromatic heterocycles. The first-order valence-electron chi connectivity index (χ1n) is 17.6. The lowest BCUT2D eigenvalue weighted by molar-refractivity contribution is -0.137.